The summed E-state index contributed by atoms with van der Waals surface area (Å²) in [6.07, 6.45) is -0.400. The van der Waals surface area contributed by atoms with Crippen molar-refractivity contribution in [2.24, 2.45) is 0 Å². The fourth-order valence-corrected chi connectivity index (χ4v) is 2.85. The molecule has 0 radical (unpaired) electrons. The molecule has 3 heterocycles. The van der Waals surface area contributed by atoms with Crippen molar-refractivity contribution in [1.82, 2.24) is 10.3 Å². The molecular formula is C16H11F3N2O2S. The van der Waals surface area contributed by atoms with E-state index in [0.717, 1.165) is 34.3 Å². The van der Waals surface area contributed by atoms with Crippen LogP contribution >= 0.6 is 11.3 Å². The lowest BCUT2D eigenvalue weighted by atomic mass is 10.2. The van der Waals surface area contributed by atoms with Gasteiger partial charge in [-0.25, -0.2) is 0 Å². The first-order chi connectivity index (χ1) is 11.4. The quantitative estimate of drug-likeness (QED) is 0.759. The zero-order chi connectivity index (χ0) is 17.2. The summed E-state index contributed by atoms with van der Waals surface area (Å²) >= 11 is 1.47. The molecule has 8 heteroatoms. The van der Waals surface area contributed by atoms with Crippen molar-refractivity contribution in [3.05, 3.63) is 64.5 Å². The Morgan fingerprint density at radius 1 is 1.25 bits per heavy atom. The maximum Gasteiger partial charge on any atom is 0.433 e. The molecule has 0 aromatic carbocycles. The maximum atomic E-state index is 12.4. The molecule has 0 unspecified atom stereocenters. The molecule has 0 aliphatic heterocycles. The largest absolute Gasteiger partial charge is 0.472 e. The fraction of sp³-hybridized carbons (Fsp3) is 0.125. The highest BCUT2D eigenvalue weighted by molar-refractivity contribution is 7.10. The van der Waals surface area contributed by atoms with Gasteiger partial charge in [0.15, 0.2) is 0 Å². The molecule has 1 N–H and O–H groups in total. The summed E-state index contributed by atoms with van der Waals surface area (Å²) in [4.78, 5) is 16.2. The number of nitrogens with zero attached hydrogens (tertiary/aromatic N) is 1. The number of alkyl halides is 3. The van der Waals surface area contributed by atoms with E-state index in [1.807, 2.05) is 17.5 Å². The molecule has 0 saturated carbocycles. The summed E-state index contributed by atoms with van der Waals surface area (Å²) < 4.78 is 42.3. The van der Waals surface area contributed by atoms with Crippen molar-refractivity contribution < 1.29 is 22.4 Å². The van der Waals surface area contributed by atoms with E-state index in [1.54, 1.807) is 12.5 Å². The van der Waals surface area contributed by atoms with E-state index in [9.17, 15) is 18.0 Å². The molecule has 0 atom stereocenters. The van der Waals surface area contributed by atoms with Gasteiger partial charge in [0, 0.05) is 16.6 Å². The second kappa shape index (κ2) is 6.48. The Morgan fingerprint density at radius 2 is 2.08 bits per heavy atom. The third-order valence-electron chi connectivity index (χ3n) is 3.25. The molecule has 4 nitrogen and oxygen atoms in total. The van der Waals surface area contributed by atoms with Crippen molar-refractivity contribution in [2.45, 2.75) is 12.7 Å². The van der Waals surface area contributed by atoms with Gasteiger partial charge in [0.2, 0.25) is 0 Å². The van der Waals surface area contributed by atoms with E-state index in [-0.39, 0.29) is 12.1 Å². The third-order valence-corrected chi connectivity index (χ3v) is 4.18. The highest BCUT2D eigenvalue weighted by Gasteiger charge is 2.32. The number of thiophene rings is 1. The van der Waals surface area contributed by atoms with Gasteiger partial charge in [-0.3, -0.25) is 9.78 Å². The molecular weight excluding hydrogens is 341 g/mol. The lowest BCUT2D eigenvalue weighted by molar-refractivity contribution is -0.141. The van der Waals surface area contributed by atoms with E-state index >= 15 is 0 Å². The minimum Gasteiger partial charge on any atom is -0.472 e. The zero-order valence-corrected chi connectivity index (χ0v) is 12.9. The number of hydrogen-bond acceptors (Lipinski definition) is 4. The SMILES string of the molecule is O=C(NCc1cc(-c2ccoc2)cs1)c1ccc(C(F)(F)F)nc1. The molecule has 1 amide bonds. The molecule has 0 fully saturated rings. The number of carbonyl (C=O) groups is 1. The van der Waals surface area contributed by atoms with Crippen LogP contribution in [-0.4, -0.2) is 10.9 Å². The molecule has 3 aromatic heterocycles. The van der Waals surface area contributed by atoms with E-state index in [2.05, 4.69) is 10.3 Å². The van der Waals surface area contributed by atoms with Crippen molar-refractivity contribution in [1.29, 1.82) is 0 Å². The molecule has 0 aliphatic rings. The Hall–Kier alpha value is -2.61. The molecule has 124 valence electrons. The number of rotatable bonds is 4. The topological polar surface area (TPSA) is 55.1 Å². The van der Waals surface area contributed by atoms with E-state index in [4.69, 9.17) is 4.42 Å². The van der Waals surface area contributed by atoms with Gasteiger partial charge >= 0.3 is 6.18 Å². The Morgan fingerprint density at radius 3 is 2.71 bits per heavy atom. The van der Waals surface area contributed by atoms with Gasteiger partial charge < -0.3 is 9.73 Å². The minimum atomic E-state index is -4.52. The summed E-state index contributed by atoms with van der Waals surface area (Å²) in [6.45, 7) is 0.280. The lowest BCUT2D eigenvalue weighted by Crippen LogP contribution is -2.22. The van der Waals surface area contributed by atoms with Crippen LogP contribution < -0.4 is 5.32 Å². The van der Waals surface area contributed by atoms with Crippen LogP contribution in [0.2, 0.25) is 0 Å². The Bertz CT molecular complexity index is 824. The van der Waals surface area contributed by atoms with Crippen LogP contribution in [0.1, 0.15) is 20.9 Å². The first-order valence-electron chi connectivity index (χ1n) is 6.85. The normalized spacial score (nSPS) is 11.5. The molecule has 3 aromatic rings. The molecule has 0 bridgehead atoms. The number of pyridine rings is 1. The van der Waals surface area contributed by atoms with Crippen LogP contribution in [0.25, 0.3) is 11.1 Å². The number of nitrogens with one attached hydrogen (secondary N) is 1. The summed E-state index contributed by atoms with van der Waals surface area (Å²) in [7, 11) is 0. The summed E-state index contributed by atoms with van der Waals surface area (Å²) in [6, 6.07) is 5.65. The second-order valence-corrected chi connectivity index (χ2v) is 5.92. The molecule has 0 aliphatic carbocycles. The number of aromatic nitrogens is 1. The Kier molecular flexibility index (Phi) is 4.39. The van der Waals surface area contributed by atoms with Crippen molar-refractivity contribution in [3.8, 4) is 11.1 Å². The van der Waals surface area contributed by atoms with Crippen LogP contribution in [0, 0.1) is 0 Å². The highest BCUT2D eigenvalue weighted by atomic mass is 32.1. The minimum absolute atomic E-state index is 0.0783. The summed E-state index contributed by atoms with van der Waals surface area (Å²) in [5, 5.41) is 4.60. The van der Waals surface area contributed by atoms with Crippen LogP contribution in [-0.2, 0) is 12.7 Å². The monoisotopic (exact) mass is 352 g/mol. The van der Waals surface area contributed by atoms with Gasteiger partial charge in [0.05, 0.1) is 24.6 Å². The van der Waals surface area contributed by atoms with Crippen LogP contribution in [0.3, 0.4) is 0 Å². The Labute approximate surface area is 139 Å². The van der Waals surface area contributed by atoms with E-state index in [0.29, 0.717) is 0 Å². The number of halogens is 3. The molecule has 0 saturated heterocycles. The van der Waals surface area contributed by atoms with Gasteiger partial charge in [0.25, 0.3) is 5.91 Å². The smallest absolute Gasteiger partial charge is 0.433 e. The van der Waals surface area contributed by atoms with E-state index < -0.39 is 17.8 Å². The lowest BCUT2D eigenvalue weighted by Gasteiger charge is -2.07. The summed E-state index contributed by atoms with van der Waals surface area (Å²) in [5.41, 5.74) is 0.974. The highest BCUT2D eigenvalue weighted by Crippen LogP contribution is 2.27. The van der Waals surface area contributed by atoms with Crippen molar-refractivity contribution >= 4 is 17.2 Å². The average Bonchev–Trinajstić information content (AvgIpc) is 3.23. The van der Waals surface area contributed by atoms with Crippen LogP contribution in [0.15, 0.2) is 52.8 Å². The standard InChI is InChI=1S/C16H11F3N2O2S/c17-16(18,19)14-2-1-10(6-20-14)15(22)21-7-13-5-12(9-24-13)11-3-4-23-8-11/h1-6,8-9H,7H2,(H,21,22). The first kappa shape index (κ1) is 16.3. The number of hydrogen-bond donors (Lipinski definition) is 1. The fourth-order valence-electron chi connectivity index (χ4n) is 2.02. The Balaban J connectivity index is 1.61. The first-order valence-corrected chi connectivity index (χ1v) is 7.73. The third kappa shape index (κ3) is 3.65. The summed E-state index contributed by atoms with van der Waals surface area (Å²) in [5.74, 6) is -0.477. The van der Waals surface area contributed by atoms with Gasteiger partial charge in [0.1, 0.15) is 5.69 Å². The second-order valence-electron chi connectivity index (χ2n) is 4.93. The maximum absolute atomic E-state index is 12.4. The van der Waals surface area contributed by atoms with E-state index in [1.165, 1.54) is 11.3 Å². The van der Waals surface area contributed by atoms with Crippen molar-refractivity contribution in [3.63, 3.8) is 0 Å². The molecule has 0 spiro atoms. The average molecular weight is 352 g/mol. The van der Waals surface area contributed by atoms with Gasteiger partial charge in [-0.05, 0) is 35.2 Å². The molecule has 24 heavy (non-hydrogen) atoms. The number of amides is 1. The van der Waals surface area contributed by atoms with Gasteiger partial charge in [-0.2, -0.15) is 13.2 Å². The number of carbonyl (C=O) groups excluding carboxylic acids is 1. The predicted octanol–water partition coefficient (Wildman–Crippen LogP) is 4.35. The molecule has 3 rings (SSSR count). The van der Waals surface area contributed by atoms with Crippen LogP contribution in [0.4, 0.5) is 13.2 Å². The van der Waals surface area contributed by atoms with Crippen molar-refractivity contribution in [2.75, 3.05) is 0 Å². The zero-order valence-electron chi connectivity index (χ0n) is 12.1. The predicted molar refractivity (Wildman–Crippen MR) is 82.4 cm³/mol. The van der Waals surface area contributed by atoms with Gasteiger partial charge in [-0.15, -0.1) is 11.3 Å². The van der Waals surface area contributed by atoms with Crippen LogP contribution in [0.5, 0.6) is 0 Å². The van der Waals surface area contributed by atoms with Gasteiger partial charge in [-0.1, -0.05) is 0 Å². The number of furan rings is 1.